The number of fused-ring (bicyclic) bond motifs is 1. The highest BCUT2D eigenvalue weighted by molar-refractivity contribution is 5.96. The van der Waals surface area contributed by atoms with Crippen molar-refractivity contribution in [2.24, 2.45) is 0 Å². The molecule has 0 aliphatic heterocycles. The Kier molecular flexibility index (Phi) is 4.79. The number of ether oxygens (including phenoxy) is 1. The van der Waals surface area contributed by atoms with E-state index in [4.69, 9.17) is 4.74 Å². The minimum atomic E-state index is 0.816. The molecule has 1 aromatic heterocycles. The molecule has 4 nitrogen and oxygen atoms in total. The number of aryl methyl sites for hydroxylation is 1. The number of likely N-dealkylation sites (N-methyl/N-ethyl adjacent to an activating group) is 1. The lowest BCUT2D eigenvalue weighted by Gasteiger charge is -2.17. The molecule has 0 aliphatic rings. The van der Waals surface area contributed by atoms with Crippen molar-refractivity contribution in [1.82, 2.24) is 9.88 Å². The van der Waals surface area contributed by atoms with Crippen LogP contribution in [0.15, 0.2) is 24.4 Å². The lowest BCUT2D eigenvalue weighted by molar-refractivity contribution is 0.367. The summed E-state index contributed by atoms with van der Waals surface area (Å²) < 4.78 is 5.38. The zero-order valence-electron chi connectivity index (χ0n) is 12.7. The SMILES string of the molecule is CCN(C)CCNc1c(C)cnc2c(OC)cccc12. The number of rotatable bonds is 6. The molecule has 0 amide bonds. The number of nitrogens with zero attached hydrogens (tertiary/aromatic N) is 2. The zero-order chi connectivity index (χ0) is 14.5. The molecule has 2 rings (SSSR count). The van der Waals surface area contributed by atoms with Gasteiger partial charge in [-0.05, 0) is 32.1 Å². The molecule has 0 unspecified atom stereocenters. The van der Waals surface area contributed by atoms with Gasteiger partial charge in [-0.15, -0.1) is 0 Å². The number of aromatic nitrogens is 1. The first-order valence-electron chi connectivity index (χ1n) is 7.02. The summed E-state index contributed by atoms with van der Waals surface area (Å²) in [6.07, 6.45) is 1.90. The first-order chi connectivity index (χ1) is 9.67. The van der Waals surface area contributed by atoms with Crippen molar-refractivity contribution < 1.29 is 4.74 Å². The highest BCUT2D eigenvalue weighted by Gasteiger charge is 2.09. The average molecular weight is 273 g/mol. The molecule has 0 aliphatic carbocycles. The third-order valence-corrected chi connectivity index (χ3v) is 3.61. The molecule has 1 N–H and O–H groups in total. The van der Waals surface area contributed by atoms with Crippen molar-refractivity contribution in [3.05, 3.63) is 30.0 Å². The lowest BCUT2D eigenvalue weighted by atomic mass is 10.1. The summed E-state index contributed by atoms with van der Waals surface area (Å²) in [7, 11) is 3.81. The molecule has 0 radical (unpaired) electrons. The molecule has 0 saturated heterocycles. The topological polar surface area (TPSA) is 37.4 Å². The van der Waals surface area contributed by atoms with Crippen LogP contribution in [-0.4, -0.2) is 43.7 Å². The van der Waals surface area contributed by atoms with Crippen LogP contribution in [0.5, 0.6) is 5.75 Å². The van der Waals surface area contributed by atoms with Crippen LogP contribution >= 0.6 is 0 Å². The summed E-state index contributed by atoms with van der Waals surface area (Å²) in [6.45, 7) is 7.24. The fraction of sp³-hybridized carbons (Fsp3) is 0.438. The molecule has 0 bridgehead atoms. The predicted molar refractivity (Wildman–Crippen MR) is 84.7 cm³/mol. The van der Waals surface area contributed by atoms with Crippen LogP contribution in [-0.2, 0) is 0 Å². The van der Waals surface area contributed by atoms with Gasteiger partial charge >= 0.3 is 0 Å². The van der Waals surface area contributed by atoms with Gasteiger partial charge in [-0.1, -0.05) is 19.1 Å². The molecule has 2 aromatic rings. The van der Waals surface area contributed by atoms with Crippen molar-refractivity contribution in [3.63, 3.8) is 0 Å². The van der Waals surface area contributed by atoms with Gasteiger partial charge in [0.1, 0.15) is 11.3 Å². The third kappa shape index (κ3) is 3.02. The molecule has 108 valence electrons. The van der Waals surface area contributed by atoms with E-state index in [-0.39, 0.29) is 0 Å². The second-order valence-corrected chi connectivity index (χ2v) is 5.00. The molecule has 20 heavy (non-hydrogen) atoms. The standard InChI is InChI=1S/C16H23N3O/c1-5-19(3)10-9-17-15-12(2)11-18-16-13(15)7-6-8-14(16)20-4/h6-8,11H,5,9-10H2,1-4H3,(H,17,18). The van der Waals surface area contributed by atoms with Crippen molar-refractivity contribution in [2.45, 2.75) is 13.8 Å². The zero-order valence-corrected chi connectivity index (χ0v) is 12.7. The van der Waals surface area contributed by atoms with E-state index in [0.29, 0.717) is 0 Å². The van der Waals surface area contributed by atoms with Gasteiger partial charge in [0, 0.05) is 30.4 Å². The van der Waals surface area contributed by atoms with Gasteiger partial charge in [0.25, 0.3) is 0 Å². The Labute approximate surface area is 120 Å². The molecule has 1 heterocycles. The summed E-state index contributed by atoms with van der Waals surface area (Å²) >= 11 is 0. The Morgan fingerprint density at radius 2 is 2.15 bits per heavy atom. The molecule has 0 fully saturated rings. The van der Waals surface area contributed by atoms with E-state index in [0.717, 1.165) is 47.5 Å². The Balaban J connectivity index is 2.29. The van der Waals surface area contributed by atoms with E-state index >= 15 is 0 Å². The number of nitrogens with one attached hydrogen (secondary N) is 1. The maximum Gasteiger partial charge on any atom is 0.145 e. The fourth-order valence-electron chi connectivity index (χ4n) is 2.22. The maximum atomic E-state index is 5.38. The number of anilines is 1. The third-order valence-electron chi connectivity index (χ3n) is 3.61. The van der Waals surface area contributed by atoms with E-state index in [1.54, 1.807) is 7.11 Å². The van der Waals surface area contributed by atoms with Crippen LogP contribution < -0.4 is 10.1 Å². The van der Waals surface area contributed by atoms with Crippen LogP contribution in [0.1, 0.15) is 12.5 Å². The van der Waals surface area contributed by atoms with Crippen molar-refractivity contribution in [3.8, 4) is 5.75 Å². The Bertz CT molecular complexity index is 583. The van der Waals surface area contributed by atoms with E-state index in [1.807, 2.05) is 18.3 Å². The Morgan fingerprint density at radius 3 is 2.85 bits per heavy atom. The second-order valence-electron chi connectivity index (χ2n) is 5.00. The Morgan fingerprint density at radius 1 is 1.35 bits per heavy atom. The minimum Gasteiger partial charge on any atom is -0.494 e. The summed E-state index contributed by atoms with van der Waals surface area (Å²) in [5, 5.41) is 4.65. The number of para-hydroxylation sites is 1. The molecule has 1 aromatic carbocycles. The molecule has 0 saturated carbocycles. The predicted octanol–water partition coefficient (Wildman–Crippen LogP) is 2.92. The molecule has 4 heteroatoms. The highest BCUT2D eigenvalue weighted by atomic mass is 16.5. The van der Waals surface area contributed by atoms with Crippen molar-refractivity contribution in [1.29, 1.82) is 0 Å². The maximum absolute atomic E-state index is 5.38. The monoisotopic (exact) mass is 273 g/mol. The number of methoxy groups -OCH3 is 1. The minimum absolute atomic E-state index is 0.816. The van der Waals surface area contributed by atoms with Crippen LogP contribution in [0.25, 0.3) is 10.9 Å². The number of hydrogen-bond acceptors (Lipinski definition) is 4. The smallest absolute Gasteiger partial charge is 0.145 e. The van der Waals surface area contributed by atoms with Gasteiger partial charge < -0.3 is 15.0 Å². The first kappa shape index (κ1) is 14.6. The summed E-state index contributed by atoms with van der Waals surface area (Å²) in [4.78, 5) is 6.78. The Hall–Kier alpha value is -1.81. The van der Waals surface area contributed by atoms with Gasteiger partial charge in [0.15, 0.2) is 0 Å². The van der Waals surface area contributed by atoms with Gasteiger partial charge in [0.2, 0.25) is 0 Å². The van der Waals surface area contributed by atoms with E-state index in [9.17, 15) is 0 Å². The number of pyridine rings is 1. The van der Waals surface area contributed by atoms with Crippen LogP contribution in [0.4, 0.5) is 5.69 Å². The lowest BCUT2D eigenvalue weighted by Crippen LogP contribution is -2.25. The number of hydrogen-bond donors (Lipinski definition) is 1. The normalized spacial score (nSPS) is 11.1. The summed E-state index contributed by atoms with van der Waals surface area (Å²) in [5.74, 6) is 0.816. The van der Waals surface area contributed by atoms with E-state index < -0.39 is 0 Å². The summed E-state index contributed by atoms with van der Waals surface area (Å²) in [6, 6.07) is 6.04. The highest BCUT2D eigenvalue weighted by Crippen LogP contribution is 2.30. The largest absolute Gasteiger partial charge is 0.494 e. The van der Waals surface area contributed by atoms with Crippen LogP contribution in [0.3, 0.4) is 0 Å². The quantitative estimate of drug-likeness (QED) is 0.878. The number of benzene rings is 1. The average Bonchev–Trinajstić information content (AvgIpc) is 2.48. The van der Waals surface area contributed by atoms with Crippen LogP contribution in [0, 0.1) is 6.92 Å². The molecular weight excluding hydrogens is 250 g/mol. The first-order valence-corrected chi connectivity index (χ1v) is 7.02. The van der Waals surface area contributed by atoms with Crippen molar-refractivity contribution in [2.75, 3.05) is 39.1 Å². The van der Waals surface area contributed by atoms with Gasteiger partial charge in [0.05, 0.1) is 7.11 Å². The fourth-order valence-corrected chi connectivity index (χ4v) is 2.22. The second kappa shape index (κ2) is 6.57. The van der Waals surface area contributed by atoms with Gasteiger partial charge in [-0.2, -0.15) is 0 Å². The van der Waals surface area contributed by atoms with Gasteiger partial charge in [-0.3, -0.25) is 4.98 Å². The van der Waals surface area contributed by atoms with Gasteiger partial charge in [-0.25, -0.2) is 0 Å². The van der Waals surface area contributed by atoms with Crippen LogP contribution in [0.2, 0.25) is 0 Å². The molecular formula is C16H23N3O. The van der Waals surface area contributed by atoms with E-state index in [1.165, 1.54) is 0 Å². The molecule has 0 spiro atoms. The van der Waals surface area contributed by atoms with Crippen molar-refractivity contribution >= 4 is 16.6 Å². The van der Waals surface area contributed by atoms with E-state index in [2.05, 4.69) is 42.2 Å². The summed E-state index contributed by atoms with van der Waals surface area (Å²) in [5.41, 5.74) is 3.22. The molecule has 0 atom stereocenters.